The van der Waals surface area contributed by atoms with Crippen LogP contribution >= 0.6 is 11.6 Å². The predicted octanol–water partition coefficient (Wildman–Crippen LogP) is 3.94. The molecule has 0 aliphatic heterocycles. The normalized spacial score (nSPS) is 12.6. The van der Waals surface area contributed by atoms with E-state index in [1.807, 2.05) is 0 Å². The van der Waals surface area contributed by atoms with Gasteiger partial charge in [0.1, 0.15) is 5.82 Å². The number of nitrogens with zero attached hydrogens (tertiary/aromatic N) is 6. The fraction of sp³-hybridized carbons (Fsp3) is 0.188. The summed E-state index contributed by atoms with van der Waals surface area (Å²) < 4.78 is 32.2. The number of anilines is 1. The Morgan fingerprint density at radius 2 is 1.89 bits per heavy atom. The smallest absolute Gasteiger partial charge is 0.299 e. The standard InChI is InChI=1S/C16H12ClF2N7O/c1-8(14-21-16(27-25-14)9-2-4-10(17)5-3-9)20-11-6-7-12-22-23-15(13(18)19)26(12)24-11/h2-8,13H,1H3,(H,20,24). The molecule has 1 N–H and O–H groups in total. The van der Waals surface area contributed by atoms with Crippen molar-refractivity contribution in [1.29, 1.82) is 0 Å². The quantitative estimate of drug-likeness (QED) is 0.550. The van der Waals surface area contributed by atoms with Crippen LogP contribution in [0.15, 0.2) is 40.9 Å². The maximum Gasteiger partial charge on any atom is 0.299 e. The van der Waals surface area contributed by atoms with E-state index < -0.39 is 12.2 Å². The molecular weight excluding hydrogens is 380 g/mol. The van der Waals surface area contributed by atoms with Gasteiger partial charge in [0.2, 0.25) is 5.82 Å². The number of nitrogens with one attached hydrogen (secondary N) is 1. The molecule has 4 rings (SSSR count). The van der Waals surface area contributed by atoms with E-state index in [-0.39, 0.29) is 11.7 Å². The minimum atomic E-state index is -2.78. The van der Waals surface area contributed by atoms with Gasteiger partial charge in [0.15, 0.2) is 11.5 Å². The van der Waals surface area contributed by atoms with Crippen LogP contribution in [0.25, 0.3) is 17.1 Å². The summed E-state index contributed by atoms with van der Waals surface area (Å²) >= 11 is 5.87. The molecule has 0 aliphatic carbocycles. The zero-order valence-corrected chi connectivity index (χ0v) is 14.6. The molecule has 3 aromatic heterocycles. The largest absolute Gasteiger partial charge is 0.359 e. The second kappa shape index (κ2) is 6.88. The third kappa shape index (κ3) is 3.43. The molecule has 8 nitrogen and oxygen atoms in total. The van der Waals surface area contributed by atoms with Crippen molar-refractivity contribution in [3.05, 3.63) is 53.1 Å². The number of alkyl halides is 2. The van der Waals surface area contributed by atoms with Crippen molar-refractivity contribution in [3.8, 4) is 11.5 Å². The van der Waals surface area contributed by atoms with Crippen LogP contribution in [0, 0.1) is 0 Å². The van der Waals surface area contributed by atoms with Crippen LogP contribution in [0.4, 0.5) is 14.6 Å². The summed E-state index contributed by atoms with van der Waals surface area (Å²) in [5.41, 5.74) is 0.962. The summed E-state index contributed by atoms with van der Waals surface area (Å²) in [6.45, 7) is 1.79. The van der Waals surface area contributed by atoms with Gasteiger partial charge < -0.3 is 9.84 Å². The lowest BCUT2D eigenvalue weighted by Crippen LogP contribution is -2.11. The molecule has 1 unspecified atom stereocenters. The topological polar surface area (TPSA) is 94.0 Å². The van der Waals surface area contributed by atoms with Gasteiger partial charge in [-0.3, -0.25) is 0 Å². The molecule has 0 bridgehead atoms. The van der Waals surface area contributed by atoms with Gasteiger partial charge in [-0.15, -0.1) is 15.3 Å². The van der Waals surface area contributed by atoms with E-state index in [1.165, 1.54) is 6.07 Å². The zero-order valence-electron chi connectivity index (χ0n) is 13.8. The first-order valence-electron chi connectivity index (χ1n) is 7.88. The first kappa shape index (κ1) is 17.3. The first-order valence-corrected chi connectivity index (χ1v) is 8.25. The molecule has 0 fully saturated rings. The molecule has 0 aliphatic rings. The first-order chi connectivity index (χ1) is 13.0. The van der Waals surface area contributed by atoms with Crippen LogP contribution in [-0.4, -0.2) is 30.0 Å². The Balaban J connectivity index is 1.55. The number of benzene rings is 1. The number of hydrogen-bond donors (Lipinski definition) is 1. The maximum absolute atomic E-state index is 13.0. The van der Waals surface area contributed by atoms with Crippen LogP contribution in [0.2, 0.25) is 5.02 Å². The van der Waals surface area contributed by atoms with E-state index >= 15 is 0 Å². The summed E-state index contributed by atoms with van der Waals surface area (Å²) in [5.74, 6) is 0.553. The fourth-order valence-corrected chi connectivity index (χ4v) is 2.55. The molecule has 11 heteroatoms. The van der Waals surface area contributed by atoms with E-state index in [4.69, 9.17) is 16.1 Å². The molecule has 138 valence electrons. The van der Waals surface area contributed by atoms with Crippen molar-refractivity contribution in [2.24, 2.45) is 0 Å². The van der Waals surface area contributed by atoms with Gasteiger partial charge in [-0.1, -0.05) is 16.8 Å². The third-order valence-electron chi connectivity index (χ3n) is 3.77. The van der Waals surface area contributed by atoms with Crippen molar-refractivity contribution in [2.75, 3.05) is 5.32 Å². The highest BCUT2D eigenvalue weighted by atomic mass is 35.5. The van der Waals surface area contributed by atoms with Crippen molar-refractivity contribution in [1.82, 2.24) is 30.0 Å². The second-order valence-electron chi connectivity index (χ2n) is 5.68. The van der Waals surface area contributed by atoms with Crippen LogP contribution in [-0.2, 0) is 0 Å². The van der Waals surface area contributed by atoms with Gasteiger partial charge in [0.25, 0.3) is 12.3 Å². The number of hydrogen-bond acceptors (Lipinski definition) is 7. The third-order valence-corrected chi connectivity index (χ3v) is 4.02. The van der Waals surface area contributed by atoms with Gasteiger partial charge in [-0.05, 0) is 43.3 Å². The highest BCUT2D eigenvalue weighted by Gasteiger charge is 2.19. The molecule has 0 radical (unpaired) electrons. The Kier molecular flexibility index (Phi) is 4.40. The Morgan fingerprint density at radius 3 is 2.63 bits per heavy atom. The van der Waals surface area contributed by atoms with Gasteiger partial charge in [-0.25, -0.2) is 8.78 Å². The van der Waals surface area contributed by atoms with Gasteiger partial charge in [0, 0.05) is 10.6 Å². The molecule has 4 aromatic rings. The average Bonchev–Trinajstić information content (AvgIpc) is 3.29. The lowest BCUT2D eigenvalue weighted by atomic mass is 10.2. The summed E-state index contributed by atoms with van der Waals surface area (Å²) in [6, 6.07) is 9.75. The zero-order chi connectivity index (χ0) is 19.0. The SMILES string of the molecule is CC(Nc1ccc2nnc(C(F)F)n2n1)c1noc(-c2ccc(Cl)cc2)n1. The lowest BCUT2D eigenvalue weighted by molar-refractivity contribution is 0.137. The Morgan fingerprint density at radius 1 is 1.11 bits per heavy atom. The van der Waals surface area contributed by atoms with E-state index in [1.54, 1.807) is 37.3 Å². The number of halogens is 3. The maximum atomic E-state index is 13.0. The molecule has 0 spiro atoms. The monoisotopic (exact) mass is 391 g/mol. The summed E-state index contributed by atoms with van der Waals surface area (Å²) in [5, 5.41) is 18.8. The minimum Gasteiger partial charge on any atom is -0.359 e. The van der Waals surface area contributed by atoms with Crippen molar-refractivity contribution in [2.45, 2.75) is 19.4 Å². The molecule has 0 saturated carbocycles. The average molecular weight is 392 g/mol. The molecule has 1 aromatic carbocycles. The molecule has 3 heterocycles. The summed E-state index contributed by atoms with van der Waals surface area (Å²) in [4.78, 5) is 4.34. The van der Waals surface area contributed by atoms with Crippen molar-refractivity contribution < 1.29 is 13.3 Å². The van der Waals surface area contributed by atoms with E-state index in [0.717, 1.165) is 10.1 Å². The molecule has 0 saturated heterocycles. The predicted molar refractivity (Wildman–Crippen MR) is 92.5 cm³/mol. The van der Waals surface area contributed by atoms with Crippen molar-refractivity contribution in [3.63, 3.8) is 0 Å². The van der Waals surface area contributed by atoms with Gasteiger partial charge in [0.05, 0.1) is 6.04 Å². The van der Waals surface area contributed by atoms with Crippen LogP contribution in [0.1, 0.15) is 31.0 Å². The van der Waals surface area contributed by atoms with Crippen molar-refractivity contribution >= 4 is 23.1 Å². The summed E-state index contributed by atoms with van der Waals surface area (Å²) in [6.07, 6.45) is -2.78. The number of rotatable bonds is 5. The number of aromatic nitrogens is 6. The van der Waals surface area contributed by atoms with E-state index in [9.17, 15) is 8.78 Å². The Hall–Kier alpha value is -3.14. The Bertz CT molecular complexity index is 1080. The minimum absolute atomic E-state index is 0.230. The highest BCUT2D eigenvalue weighted by molar-refractivity contribution is 6.30. The lowest BCUT2D eigenvalue weighted by Gasteiger charge is -2.10. The van der Waals surface area contributed by atoms with Gasteiger partial charge in [-0.2, -0.15) is 9.50 Å². The molecule has 1 atom stereocenters. The molecular formula is C16H12ClF2N7O. The highest BCUT2D eigenvalue weighted by Crippen LogP contribution is 2.23. The van der Waals surface area contributed by atoms with Gasteiger partial charge >= 0.3 is 0 Å². The van der Waals surface area contributed by atoms with Crippen LogP contribution in [0.5, 0.6) is 0 Å². The number of fused-ring (bicyclic) bond motifs is 1. The van der Waals surface area contributed by atoms with Crippen LogP contribution < -0.4 is 5.32 Å². The van der Waals surface area contributed by atoms with E-state index in [0.29, 0.717) is 22.6 Å². The second-order valence-corrected chi connectivity index (χ2v) is 6.11. The molecule has 27 heavy (non-hydrogen) atoms. The molecule has 0 amide bonds. The fourth-order valence-electron chi connectivity index (χ4n) is 2.43. The van der Waals surface area contributed by atoms with Crippen LogP contribution in [0.3, 0.4) is 0 Å². The van der Waals surface area contributed by atoms with E-state index in [2.05, 4.69) is 30.8 Å². The summed E-state index contributed by atoms with van der Waals surface area (Å²) in [7, 11) is 0. The Labute approximate surface area is 156 Å².